The highest BCUT2D eigenvalue weighted by atomic mass is 16.4. The second-order valence-corrected chi connectivity index (χ2v) is 4.93. The summed E-state index contributed by atoms with van der Waals surface area (Å²) in [6.45, 7) is -0.345. The van der Waals surface area contributed by atoms with Crippen molar-refractivity contribution in [1.29, 1.82) is 0 Å². The fraction of sp³-hybridized carbons (Fsp3) is 0.357. The number of imidazole rings is 1. The maximum atomic E-state index is 10.00. The van der Waals surface area contributed by atoms with Crippen LogP contribution in [-0.4, -0.2) is 48.8 Å². The van der Waals surface area contributed by atoms with Gasteiger partial charge in [0.05, 0.1) is 18.3 Å². The van der Waals surface area contributed by atoms with Crippen LogP contribution < -0.4 is 0 Å². The van der Waals surface area contributed by atoms with Crippen LogP contribution in [-0.2, 0) is 0 Å². The van der Waals surface area contributed by atoms with Crippen molar-refractivity contribution in [2.24, 2.45) is 0 Å². The van der Waals surface area contributed by atoms with E-state index in [9.17, 15) is 20.4 Å². The van der Waals surface area contributed by atoms with E-state index in [-0.39, 0.29) is 12.4 Å². The van der Waals surface area contributed by atoms with Crippen LogP contribution in [0.3, 0.4) is 0 Å². The van der Waals surface area contributed by atoms with Crippen molar-refractivity contribution in [1.82, 2.24) is 9.55 Å². The summed E-state index contributed by atoms with van der Waals surface area (Å²) in [6, 6.07) is 8.67. The summed E-state index contributed by atoms with van der Waals surface area (Å²) in [5.74, 6) is 0.251. The average Bonchev–Trinajstić information content (AvgIpc) is 2.91. The fourth-order valence-corrected chi connectivity index (χ4v) is 2.57. The Morgan fingerprint density at radius 1 is 1.05 bits per heavy atom. The first-order chi connectivity index (χ1) is 9.63. The van der Waals surface area contributed by atoms with Gasteiger partial charge in [0.2, 0.25) is 0 Å². The lowest BCUT2D eigenvalue weighted by atomic mass is 9.96. The zero-order valence-corrected chi connectivity index (χ0v) is 10.7. The molecule has 0 spiro atoms. The zero-order valence-electron chi connectivity index (χ0n) is 10.7. The van der Waals surface area contributed by atoms with Crippen LogP contribution in [0.4, 0.5) is 0 Å². The number of hydrogen-bond donors (Lipinski definition) is 4. The van der Waals surface area contributed by atoms with Gasteiger partial charge >= 0.3 is 0 Å². The van der Waals surface area contributed by atoms with Crippen molar-refractivity contribution in [2.75, 3.05) is 6.61 Å². The molecular formula is C14H16N2O4. The number of nitrogens with zero attached hydrogens (tertiary/aromatic N) is 2. The first-order valence-electron chi connectivity index (χ1n) is 6.42. The molecule has 1 aliphatic rings. The standard InChI is InChI=1S/C14H16N2O4/c17-7-10-11(18)12(19)13(20)14-15-9(6-16(10)14)8-4-2-1-3-5-8/h1-6,10-13,17-20H,7H2/t10-,11+,12-,13+/m1/s1. The molecule has 6 heteroatoms. The fourth-order valence-electron chi connectivity index (χ4n) is 2.57. The summed E-state index contributed by atoms with van der Waals surface area (Å²) in [5, 5.41) is 39.1. The van der Waals surface area contributed by atoms with E-state index in [4.69, 9.17) is 0 Å². The van der Waals surface area contributed by atoms with E-state index in [0.717, 1.165) is 5.56 Å². The van der Waals surface area contributed by atoms with E-state index in [1.165, 1.54) is 4.57 Å². The zero-order chi connectivity index (χ0) is 14.3. The van der Waals surface area contributed by atoms with Crippen LogP contribution in [0.2, 0.25) is 0 Å². The Labute approximate surface area is 115 Å². The smallest absolute Gasteiger partial charge is 0.141 e. The number of rotatable bonds is 2. The topological polar surface area (TPSA) is 98.7 Å². The first-order valence-corrected chi connectivity index (χ1v) is 6.42. The Hall–Kier alpha value is -1.73. The Balaban J connectivity index is 2.09. The lowest BCUT2D eigenvalue weighted by Gasteiger charge is -2.35. The van der Waals surface area contributed by atoms with Gasteiger partial charge in [0.15, 0.2) is 0 Å². The largest absolute Gasteiger partial charge is 0.394 e. The maximum absolute atomic E-state index is 10.00. The molecule has 4 N–H and O–H groups in total. The highest BCUT2D eigenvalue weighted by Gasteiger charge is 2.41. The molecule has 2 heterocycles. The number of aromatic nitrogens is 2. The Bertz CT molecular complexity index is 598. The highest BCUT2D eigenvalue weighted by Crippen LogP contribution is 2.34. The highest BCUT2D eigenvalue weighted by molar-refractivity contribution is 5.58. The van der Waals surface area contributed by atoms with E-state index >= 15 is 0 Å². The molecule has 0 amide bonds. The molecule has 0 bridgehead atoms. The quantitative estimate of drug-likeness (QED) is 0.611. The molecule has 0 radical (unpaired) electrons. The molecular weight excluding hydrogens is 260 g/mol. The van der Waals surface area contributed by atoms with Gasteiger partial charge in [0.1, 0.15) is 24.1 Å². The van der Waals surface area contributed by atoms with Gasteiger partial charge in [0, 0.05) is 11.8 Å². The van der Waals surface area contributed by atoms with Crippen LogP contribution in [0.1, 0.15) is 18.0 Å². The minimum atomic E-state index is -1.36. The van der Waals surface area contributed by atoms with Crippen LogP contribution in [0.25, 0.3) is 11.3 Å². The van der Waals surface area contributed by atoms with Gasteiger partial charge < -0.3 is 25.0 Å². The number of benzene rings is 1. The molecule has 6 nitrogen and oxygen atoms in total. The van der Waals surface area contributed by atoms with Gasteiger partial charge in [-0.25, -0.2) is 4.98 Å². The number of hydrogen-bond acceptors (Lipinski definition) is 5. The summed E-state index contributed by atoms with van der Waals surface area (Å²) < 4.78 is 1.53. The summed E-state index contributed by atoms with van der Waals surface area (Å²) in [5.41, 5.74) is 1.49. The van der Waals surface area contributed by atoms with Crippen molar-refractivity contribution in [3.05, 3.63) is 42.4 Å². The molecule has 0 saturated heterocycles. The van der Waals surface area contributed by atoms with Crippen LogP contribution in [0.5, 0.6) is 0 Å². The molecule has 0 unspecified atom stereocenters. The number of aliphatic hydroxyl groups is 4. The van der Waals surface area contributed by atoms with Gasteiger partial charge in [-0.15, -0.1) is 0 Å². The summed E-state index contributed by atoms with van der Waals surface area (Å²) in [6.07, 6.45) is -2.19. The average molecular weight is 276 g/mol. The minimum Gasteiger partial charge on any atom is -0.394 e. The molecule has 1 aromatic carbocycles. The van der Waals surface area contributed by atoms with Crippen LogP contribution >= 0.6 is 0 Å². The van der Waals surface area contributed by atoms with Gasteiger partial charge in [-0.05, 0) is 0 Å². The van der Waals surface area contributed by atoms with Gasteiger partial charge in [-0.2, -0.15) is 0 Å². The molecule has 4 atom stereocenters. The molecule has 20 heavy (non-hydrogen) atoms. The molecule has 0 saturated carbocycles. The number of aliphatic hydroxyl groups excluding tert-OH is 4. The molecule has 106 valence electrons. The van der Waals surface area contributed by atoms with Gasteiger partial charge in [-0.3, -0.25) is 0 Å². The third kappa shape index (κ3) is 1.94. The Kier molecular flexibility index (Phi) is 3.31. The van der Waals surface area contributed by atoms with Crippen LogP contribution in [0.15, 0.2) is 36.5 Å². The van der Waals surface area contributed by atoms with Crippen molar-refractivity contribution in [3.63, 3.8) is 0 Å². The minimum absolute atomic E-state index is 0.251. The predicted octanol–water partition coefficient (Wildman–Crippen LogP) is -0.148. The normalized spacial score (nSPS) is 29.2. The SMILES string of the molecule is OC[C@@H]1[C@H](O)[C@@H](O)[C@H](O)c2nc(-c3ccccc3)cn21. The Morgan fingerprint density at radius 3 is 2.40 bits per heavy atom. The van der Waals surface area contributed by atoms with E-state index in [1.54, 1.807) is 6.20 Å². The third-order valence-corrected chi connectivity index (χ3v) is 3.71. The van der Waals surface area contributed by atoms with Crippen molar-refractivity contribution in [2.45, 2.75) is 24.4 Å². The summed E-state index contributed by atoms with van der Waals surface area (Å²) in [4.78, 5) is 4.32. The lowest BCUT2D eigenvalue weighted by Crippen LogP contribution is -2.46. The number of fused-ring (bicyclic) bond motifs is 1. The monoisotopic (exact) mass is 276 g/mol. The van der Waals surface area contributed by atoms with Gasteiger partial charge in [-0.1, -0.05) is 30.3 Å². The summed E-state index contributed by atoms with van der Waals surface area (Å²) >= 11 is 0. The van der Waals surface area contributed by atoms with E-state index < -0.39 is 24.4 Å². The van der Waals surface area contributed by atoms with Crippen LogP contribution in [0, 0.1) is 0 Å². The first kappa shape index (κ1) is 13.3. The van der Waals surface area contributed by atoms with E-state index in [2.05, 4.69) is 4.98 Å². The lowest BCUT2D eigenvalue weighted by molar-refractivity contribution is -0.108. The molecule has 3 rings (SSSR count). The van der Waals surface area contributed by atoms with E-state index in [1.807, 2.05) is 30.3 Å². The maximum Gasteiger partial charge on any atom is 0.141 e. The second-order valence-electron chi connectivity index (χ2n) is 4.93. The molecule has 1 aliphatic heterocycles. The predicted molar refractivity (Wildman–Crippen MR) is 70.8 cm³/mol. The van der Waals surface area contributed by atoms with Crippen molar-refractivity contribution in [3.8, 4) is 11.3 Å². The Morgan fingerprint density at radius 2 is 1.75 bits per heavy atom. The summed E-state index contributed by atoms with van der Waals surface area (Å²) in [7, 11) is 0. The van der Waals surface area contributed by atoms with E-state index in [0.29, 0.717) is 5.69 Å². The molecule has 1 aromatic heterocycles. The molecule has 2 aromatic rings. The third-order valence-electron chi connectivity index (χ3n) is 3.71. The van der Waals surface area contributed by atoms with Crippen molar-refractivity contribution >= 4 is 0 Å². The molecule has 0 fully saturated rings. The van der Waals surface area contributed by atoms with Gasteiger partial charge in [0.25, 0.3) is 0 Å². The molecule has 0 aliphatic carbocycles. The van der Waals surface area contributed by atoms with Crippen molar-refractivity contribution < 1.29 is 20.4 Å². The second kappa shape index (κ2) is 4.99.